The molecule has 4 rings (SSSR count). The molecular formula is C23H23N3O2S. The molecule has 2 heterocycles. The number of aryl methyl sites for hydroxylation is 2. The van der Waals surface area contributed by atoms with Gasteiger partial charge in [-0.05, 0) is 60.7 Å². The van der Waals surface area contributed by atoms with Crippen LogP contribution in [0.3, 0.4) is 0 Å². The highest BCUT2D eigenvalue weighted by Crippen LogP contribution is 2.19. The van der Waals surface area contributed by atoms with E-state index in [0.29, 0.717) is 24.6 Å². The number of rotatable bonds is 7. The van der Waals surface area contributed by atoms with Crippen LogP contribution in [0.5, 0.6) is 5.75 Å². The van der Waals surface area contributed by atoms with E-state index >= 15 is 0 Å². The van der Waals surface area contributed by atoms with E-state index in [1.54, 1.807) is 0 Å². The number of thiophene rings is 1. The van der Waals surface area contributed by atoms with Gasteiger partial charge >= 0.3 is 0 Å². The van der Waals surface area contributed by atoms with E-state index in [1.165, 1.54) is 22.5 Å². The van der Waals surface area contributed by atoms with Crippen LogP contribution in [0.2, 0.25) is 0 Å². The zero-order chi connectivity index (χ0) is 20.2. The molecule has 0 fully saturated rings. The number of para-hydroxylation sites is 2. The Morgan fingerprint density at radius 1 is 1.10 bits per heavy atom. The Labute approximate surface area is 174 Å². The Morgan fingerprint density at radius 3 is 2.76 bits per heavy atom. The summed E-state index contributed by atoms with van der Waals surface area (Å²) in [5.41, 5.74) is 4.42. The summed E-state index contributed by atoms with van der Waals surface area (Å²) >= 11 is 1.43. The number of aromatic nitrogens is 2. The van der Waals surface area contributed by atoms with Gasteiger partial charge in [-0.2, -0.15) is 0 Å². The largest absolute Gasteiger partial charge is 0.492 e. The number of ether oxygens (including phenoxy) is 1. The smallest absolute Gasteiger partial charge is 0.261 e. The summed E-state index contributed by atoms with van der Waals surface area (Å²) in [6.45, 7) is 5.72. The van der Waals surface area contributed by atoms with Crippen molar-refractivity contribution in [3.05, 3.63) is 81.8 Å². The minimum atomic E-state index is -0.0787. The number of imidazole rings is 1. The summed E-state index contributed by atoms with van der Waals surface area (Å²) in [4.78, 5) is 17.7. The van der Waals surface area contributed by atoms with Crippen molar-refractivity contribution in [3.63, 3.8) is 0 Å². The van der Waals surface area contributed by atoms with Gasteiger partial charge in [-0.1, -0.05) is 24.3 Å². The highest BCUT2D eigenvalue weighted by molar-refractivity contribution is 7.12. The van der Waals surface area contributed by atoms with Crippen LogP contribution in [0.25, 0.3) is 11.0 Å². The average molecular weight is 406 g/mol. The van der Waals surface area contributed by atoms with Crippen LogP contribution in [-0.2, 0) is 13.1 Å². The maximum atomic E-state index is 12.3. The standard InChI is InChI=1S/C23H23N3O2S/c1-16-9-10-18(14-17(16)2)28-12-11-26-20-7-4-3-6-19(20)25-22(26)15-24-23(27)21-8-5-13-29-21/h3-10,13-14H,11-12,15H2,1-2H3,(H,24,27). The molecule has 1 N–H and O–H groups in total. The second-order valence-electron chi connectivity index (χ2n) is 6.92. The molecule has 0 atom stereocenters. The number of carbonyl (C=O) groups is 1. The molecule has 5 nitrogen and oxygen atoms in total. The fraction of sp³-hybridized carbons (Fsp3) is 0.217. The van der Waals surface area contributed by atoms with Gasteiger partial charge in [0.25, 0.3) is 5.91 Å². The van der Waals surface area contributed by atoms with Gasteiger partial charge in [-0.3, -0.25) is 4.79 Å². The lowest BCUT2D eigenvalue weighted by Crippen LogP contribution is -2.24. The first-order valence-electron chi connectivity index (χ1n) is 9.58. The van der Waals surface area contributed by atoms with Crippen molar-refractivity contribution in [2.24, 2.45) is 0 Å². The lowest BCUT2D eigenvalue weighted by Gasteiger charge is -2.12. The van der Waals surface area contributed by atoms with Crippen LogP contribution in [0.15, 0.2) is 60.0 Å². The number of amides is 1. The number of nitrogens with zero attached hydrogens (tertiary/aromatic N) is 2. The third-order valence-corrected chi connectivity index (χ3v) is 5.82. The van der Waals surface area contributed by atoms with Crippen LogP contribution in [0.4, 0.5) is 0 Å². The summed E-state index contributed by atoms with van der Waals surface area (Å²) in [7, 11) is 0. The van der Waals surface area contributed by atoms with Gasteiger partial charge in [-0.25, -0.2) is 4.98 Å². The molecule has 1 amide bonds. The number of nitrogens with one attached hydrogen (secondary N) is 1. The Morgan fingerprint density at radius 2 is 1.97 bits per heavy atom. The lowest BCUT2D eigenvalue weighted by molar-refractivity contribution is 0.0953. The molecule has 0 saturated heterocycles. The monoisotopic (exact) mass is 405 g/mol. The molecule has 0 spiro atoms. The SMILES string of the molecule is Cc1ccc(OCCn2c(CNC(=O)c3cccs3)nc3ccccc32)cc1C. The molecular weight excluding hydrogens is 382 g/mol. The van der Waals surface area contributed by atoms with E-state index in [0.717, 1.165) is 22.6 Å². The minimum absolute atomic E-state index is 0.0787. The first-order chi connectivity index (χ1) is 14.1. The zero-order valence-electron chi connectivity index (χ0n) is 16.5. The first-order valence-corrected chi connectivity index (χ1v) is 10.5. The summed E-state index contributed by atoms with van der Waals surface area (Å²) in [6.07, 6.45) is 0. The van der Waals surface area contributed by atoms with Crippen molar-refractivity contribution >= 4 is 28.3 Å². The van der Waals surface area contributed by atoms with Gasteiger partial charge < -0.3 is 14.6 Å². The molecule has 148 valence electrons. The van der Waals surface area contributed by atoms with E-state index in [1.807, 2.05) is 47.8 Å². The molecule has 0 radical (unpaired) electrons. The third kappa shape index (κ3) is 4.32. The van der Waals surface area contributed by atoms with Crippen LogP contribution < -0.4 is 10.1 Å². The minimum Gasteiger partial charge on any atom is -0.492 e. The number of fused-ring (bicyclic) bond motifs is 1. The summed E-state index contributed by atoms with van der Waals surface area (Å²) in [5.74, 6) is 1.61. The predicted molar refractivity (Wildman–Crippen MR) is 117 cm³/mol. The molecule has 4 aromatic rings. The Bertz CT molecular complexity index is 1130. The summed E-state index contributed by atoms with van der Waals surface area (Å²) < 4.78 is 8.09. The van der Waals surface area contributed by atoms with Crippen molar-refractivity contribution in [3.8, 4) is 5.75 Å². The molecule has 0 aliphatic rings. The van der Waals surface area contributed by atoms with E-state index in [4.69, 9.17) is 9.72 Å². The summed E-state index contributed by atoms with van der Waals surface area (Å²) in [6, 6.07) is 17.8. The normalized spacial score (nSPS) is 11.0. The van der Waals surface area contributed by atoms with Crippen LogP contribution in [0, 0.1) is 13.8 Å². The molecule has 0 bridgehead atoms. The van der Waals surface area contributed by atoms with Gasteiger partial charge in [0.2, 0.25) is 0 Å². The lowest BCUT2D eigenvalue weighted by atomic mass is 10.1. The molecule has 0 aliphatic heterocycles. The van der Waals surface area contributed by atoms with E-state index < -0.39 is 0 Å². The van der Waals surface area contributed by atoms with Gasteiger partial charge in [0, 0.05) is 0 Å². The molecule has 29 heavy (non-hydrogen) atoms. The second kappa shape index (κ2) is 8.49. The van der Waals surface area contributed by atoms with Crippen molar-refractivity contribution in [1.29, 1.82) is 0 Å². The maximum absolute atomic E-state index is 12.3. The fourth-order valence-electron chi connectivity index (χ4n) is 3.22. The average Bonchev–Trinajstić information content (AvgIpc) is 3.37. The van der Waals surface area contributed by atoms with Crippen LogP contribution in [-0.4, -0.2) is 22.1 Å². The topological polar surface area (TPSA) is 56.1 Å². The molecule has 2 aromatic heterocycles. The van der Waals surface area contributed by atoms with Gasteiger partial charge in [0.1, 0.15) is 18.2 Å². The second-order valence-corrected chi connectivity index (χ2v) is 7.87. The van der Waals surface area contributed by atoms with E-state index in [9.17, 15) is 4.79 Å². The Kier molecular flexibility index (Phi) is 5.62. The third-order valence-electron chi connectivity index (χ3n) is 4.95. The molecule has 0 aliphatic carbocycles. The fourth-order valence-corrected chi connectivity index (χ4v) is 3.86. The van der Waals surface area contributed by atoms with Gasteiger partial charge in [0.15, 0.2) is 0 Å². The Balaban J connectivity index is 1.48. The van der Waals surface area contributed by atoms with Gasteiger partial charge in [-0.15, -0.1) is 11.3 Å². The highest BCUT2D eigenvalue weighted by atomic mass is 32.1. The summed E-state index contributed by atoms with van der Waals surface area (Å²) in [5, 5.41) is 4.87. The first kappa shape index (κ1) is 19.2. The van der Waals surface area contributed by atoms with Crippen molar-refractivity contribution in [2.75, 3.05) is 6.61 Å². The number of benzene rings is 2. The quantitative estimate of drug-likeness (QED) is 0.484. The highest BCUT2D eigenvalue weighted by Gasteiger charge is 2.13. The van der Waals surface area contributed by atoms with Crippen molar-refractivity contribution in [2.45, 2.75) is 26.9 Å². The number of carbonyl (C=O) groups excluding carboxylic acids is 1. The molecule has 2 aromatic carbocycles. The maximum Gasteiger partial charge on any atom is 0.261 e. The van der Waals surface area contributed by atoms with Crippen molar-refractivity contribution in [1.82, 2.24) is 14.9 Å². The number of hydrogen-bond donors (Lipinski definition) is 1. The van der Waals surface area contributed by atoms with E-state index in [2.05, 4.69) is 35.9 Å². The van der Waals surface area contributed by atoms with Crippen LogP contribution >= 0.6 is 11.3 Å². The zero-order valence-corrected chi connectivity index (χ0v) is 17.3. The molecule has 6 heteroatoms. The van der Waals surface area contributed by atoms with Crippen molar-refractivity contribution < 1.29 is 9.53 Å². The number of hydrogen-bond acceptors (Lipinski definition) is 4. The molecule has 0 unspecified atom stereocenters. The van der Waals surface area contributed by atoms with E-state index in [-0.39, 0.29) is 5.91 Å². The van der Waals surface area contributed by atoms with Crippen LogP contribution in [0.1, 0.15) is 26.6 Å². The Hall–Kier alpha value is -3.12. The van der Waals surface area contributed by atoms with Gasteiger partial charge in [0.05, 0.1) is 29.0 Å². The predicted octanol–water partition coefficient (Wildman–Crippen LogP) is 4.72. The molecule has 0 saturated carbocycles.